The Morgan fingerprint density at radius 1 is 1.03 bits per heavy atom. The molecule has 3 fully saturated rings. The lowest BCUT2D eigenvalue weighted by Gasteiger charge is -2.54. The minimum atomic E-state index is -0.245. The van der Waals surface area contributed by atoms with Crippen molar-refractivity contribution in [3.63, 3.8) is 0 Å². The smallest absolute Gasteiger partial charge is 0.344 e. The Morgan fingerprint density at radius 3 is 2.53 bits per heavy atom. The predicted octanol–water partition coefficient (Wildman–Crippen LogP) is 6.07. The zero-order valence-electron chi connectivity index (χ0n) is 20.6. The molecule has 34 heavy (non-hydrogen) atoms. The highest BCUT2D eigenvalue weighted by Gasteiger charge is 2.58. The summed E-state index contributed by atoms with van der Waals surface area (Å²) in [6.45, 7) is 4.29. The normalized spacial score (nSPS) is 33.8. The average Bonchev–Trinajstić information content (AvgIpc) is 3.23. The molecule has 0 N–H and O–H groups in total. The Balaban J connectivity index is 0.00000133. The maximum Gasteiger partial charge on any atom is 0.344 e. The minimum Gasteiger partial charge on any atom is -0.482 e. The fraction of sp³-hybridized carbons (Fsp3) is 0.600. The Morgan fingerprint density at radius 2 is 1.79 bits per heavy atom. The summed E-state index contributed by atoms with van der Waals surface area (Å²) < 4.78 is 11.8. The van der Waals surface area contributed by atoms with Gasteiger partial charge in [0, 0.05) is 11.8 Å². The molecule has 3 saturated carbocycles. The van der Waals surface area contributed by atoms with E-state index in [-0.39, 0.29) is 24.1 Å². The number of rotatable bonds is 5. The van der Waals surface area contributed by atoms with E-state index >= 15 is 0 Å². The molecule has 6 atom stereocenters. The number of benzene rings is 1. The van der Waals surface area contributed by atoms with Crippen LogP contribution in [-0.2, 0) is 14.3 Å². The van der Waals surface area contributed by atoms with E-state index in [1.165, 1.54) is 24.0 Å². The molecule has 0 radical (unpaired) electrons. The third-order valence-corrected chi connectivity index (χ3v) is 9.25. The maximum absolute atomic E-state index is 12.7. The number of ketones is 1. The van der Waals surface area contributed by atoms with Crippen LogP contribution in [0.5, 0.6) is 5.75 Å². The second-order valence-corrected chi connectivity index (χ2v) is 10.6. The highest BCUT2D eigenvalue weighted by atomic mass is 16.6. The molecule has 0 heterocycles. The Kier molecular flexibility index (Phi) is 7.51. The molecule has 0 aliphatic heterocycles. The van der Waals surface area contributed by atoms with Crippen molar-refractivity contribution in [1.82, 2.24) is 0 Å². The fourth-order valence-corrected chi connectivity index (χ4v) is 7.76. The van der Waals surface area contributed by atoms with Crippen LogP contribution in [0, 0.1) is 48.9 Å². The van der Waals surface area contributed by atoms with Gasteiger partial charge in [0.2, 0.25) is 0 Å². The summed E-state index contributed by atoms with van der Waals surface area (Å²) in [4.78, 5) is 24.6. The first kappa shape index (κ1) is 24.6. The Bertz CT molecular complexity index is 942. The summed E-state index contributed by atoms with van der Waals surface area (Å²) in [5, 5.41) is 0. The molecular weight excluding hydrogens is 424 g/mol. The SMILES string of the molecule is C#C.CCC12CCC3C4CCC(=O)C=C4CCC3C1CCC2OC(=O)COc1ccc(C)cc1. The molecule has 0 spiro atoms. The topological polar surface area (TPSA) is 52.6 Å². The number of terminal acetylenes is 1. The van der Waals surface area contributed by atoms with Crippen molar-refractivity contribution in [3.8, 4) is 18.6 Å². The van der Waals surface area contributed by atoms with Gasteiger partial charge in [0.25, 0.3) is 0 Å². The quantitative estimate of drug-likeness (QED) is 0.394. The molecule has 1 aromatic carbocycles. The van der Waals surface area contributed by atoms with Crippen molar-refractivity contribution >= 4 is 11.8 Å². The number of hydrogen-bond acceptors (Lipinski definition) is 4. The van der Waals surface area contributed by atoms with Gasteiger partial charge >= 0.3 is 5.97 Å². The Labute approximate surface area is 204 Å². The van der Waals surface area contributed by atoms with Crippen molar-refractivity contribution in [2.24, 2.45) is 29.1 Å². The Hall–Kier alpha value is -2.54. The molecule has 0 aromatic heterocycles. The largest absolute Gasteiger partial charge is 0.482 e. The summed E-state index contributed by atoms with van der Waals surface area (Å²) in [7, 11) is 0. The molecule has 6 unspecified atom stereocenters. The van der Waals surface area contributed by atoms with Crippen LogP contribution >= 0.6 is 0 Å². The van der Waals surface area contributed by atoms with Gasteiger partial charge in [-0.15, -0.1) is 12.8 Å². The number of carbonyl (C=O) groups is 2. The van der Waals surface area contributed by atoms with Crippen molar-refractivity contribution in [3.05, 3.63) is 41.5 Å². The van der Waals surface area contributed by atoms with Crippen LogP contribution in [0.25, 0.3) is 0 Å². The van der Waals surface area contributed by atoms with Crippen LogP contribution < -0.4 is 4.74 Å². The molecule has 0 bridgehead atoms. The van der Waals surface area contributed by atoms with Crippen LogP contribution in [0.15, 0.2) is 35.9 Å². The van der Waals surface area contributed by atoms with Crippen LogP contribution in [0.3, 0.4) is 0 Å². The van der Waals surface area contributed by atoms with E-state index in [4.69, 9.17) is 9.47 Å². The zero-order chi connectivity index (χ0) is 24.3. The summed E-state index contributed by atoms with van der Waals surface area (Å²) in [5.74, 6) is 3.48. The van der Waals surface area contributed by atoms with E-state index in [9.17, 15) is 9.59 Å². The van der Waals surface area contributed by atoms with Gasteiger partial charge in [-0.05, 0) is 100 Å². The first-order chi connectivity index (χ1) is 16.5. The lowest BCUT2D eigenvalue weighted by Crippen LogP contribution is -2.49. The molecule has 5 rings (SSSR count). The molecule has 4 heteroatoms. The van der Waals surface area contributed by atoms with Crippen LogP contribution in [0.1, 0.15) is 70.3 Å². The monoisotopic (exact) mass is 462 g/mol. The molecule has 0 saturated heterocycles. The van der Waals surface area contributed by atoms with Gasteiger partial charge in [0.15, 0.2) is 12.4 Å². The lowest BCUT2D eigenvalue weighted by atomic mass is 9.51. The zero-order valence-corrected chi connectivity index (χ0v) is 20.6. The third kappa shape index (κ3) is 4.54. The second-order valence-electron chi connectivity index (χ2n) is 10.6. The second kappa shape index (κ2) is 10.4. The number of aryl methyl sites for hydroxylation is 1. The number of ether oxygens (including phenoxy) is 2. The predicted molar refractivity (Wildman–Crippen MR) is 133 cm³/mol. The molecular formula is C30H38O4. The van der Waals surface area contributed by atoms with Crippen molar-refractivity contribution in [2.45, 2.75) is 77.7 Å². The van der Waals surface area contributed by atoms with Gasteiger partial charge in [0.05, 0.1) is 0 Å². The van der Waals surface area contributed by atoms with Gasteiger partial charge in [-0.1, -0.05) is 30.2 Å². The van der Waals surface area contributed by atoms with E-state index in [0.29, 0.717) is 35.2 Å². The third-order valence-electron chi connectivity index (χ3n) is 9.25. The van der Waals surface area contributed by atoms with Crippen molar-refractivity contribution < 1.29 is 19.1 Å². The van der Waals surface area contributed by atoms with E-state index in [2.05, 4.69) is 19.8 Å². The van der Waals surface area contributed by atoms with Crippen molar-refractivity contribution in [2.75, 3.05) is 6.61 Å². The number of allylic oxidation sites excluding steroid dienone is 1. The molecule has 1 aromatic rings. The number of fused-ring (bicyclic) bond motifs is 5. The van der Waals surface area contributed by atoms with Gasteiger partial charge in [0.1, 0.15) is 11.9 Å². The van der Waals surface area contributed by atoms with Gasteiger partial charge in [-0.3, -0.25) is 4.79 Å². The van der Waals surface area contributed by atoms with E-state index in [0.717, 1.165) is 44.9 Å². The fourth-order valence-electron chi connectivity index (χ4n) is 7.76. The van der Waals surface area contributed by atoms with E-state index in [1.54, 1.807) is 0 Å². The summed E-state index contributed by atoms with van der Waals surface area (Å²) >= 11 is 0. The van der Waals surface area contributed by atoms with E-state index < -0.39 is 0 Å². The summed E-state index contributed by atoms with van der Waals surface area (Å²) in [5.41, 5.74) is 2.72. The molecule has 182 valence electrons. The molecule has 0 amide bonds. The van der Waals surface area contributed by atoms with E-state index in [1.807, 2.05) is 37.3 Å². The number of carbonyl (C=O) groups excluding carboxylic acids is 2. The lowest BCUT2D eigenvalue weighted by molar-refractivity contribution is -0.163. The highest BCUT2D eigenvalue weighted by Crippen LogP contribution is 2.63. The molecule has 4 aliphatic rings. The van der Waals surface area contributed by atoms with Crippen LogP contribution in [0.4, 0.5) is 0 Å². The number of esters is 1. The highest BCUT2D eigenvalue weighted by molar-refractivity contribution is 5.91. The number of hydrogen-bond donors (Lipinski definition) is 0. The van der Waals surface area contributed by atoms with Gasteiger partial charge < -0.3 is 9.47 Å². The molecule has 4 aliphatic carbocycles. The van der Waals surface area contributed by atoms with Crippen molar-refractivity contribution in [1.29, 1.82) is 0 Å². The van der Waals surface area contributed by atoms with Crippen LogP contribution in [0.2, 0.25) is 0 Å². The standard InChI is InChI=1S/C28H36O4.C2H2/c1-3-28-15-14-23-22-11-7-20(29)16-19(22)6-10-24(23)25(28)12-13-26(28)32-27(30)17-31-21-8-4-18(2)5-9-21;1-2/h4-5,8-9,16,22-26H,3,6-7,10-15,17H2,1-2H3;1-2H. The van der Waals surface area contributed by atoms with Gasteiger partial charge in [-0.2, -0.15) is 0 Å². The maximum atomic E-state index is 12.7. The summed E-state index contributed by atoms with van der Waals surface area (Å²) in [6.07, 6.45) is 19.6. The molecule has 4 nitrogen and oxygen atoms in total. The van der Waals surface area contributed by atoms with Crippen LogP contribution in [-0.4, -0.2) is 24.5 Å². The summed E-state index contributed by atoms with van der Waals surface area (Å²) in [6, 6.07) is 7.76. The minimum absolute atomic E-state index is 0.0115. The van der Waals surface area contributed by atoms with Gasteiger partial charge in [-0.25, -0.2) is 4.79 Å². The first-order valence-corrected chi connectivity index (χ1v) is 13.0. The average molecular weight is 463 g/mol. The first-order valence-electron chi connectivity index (χ1n) is 13.0.